The van der Waals surface area contributed by atoms with Crippen molar-refractivity contribution in [2.24, 2.45) is 0 Å². The van der Waals surface area contributed by atoms with Crippen LogP contribution >= 0.6 is 0 Å². The summed E-state index contributed by atoms with van der Waals surface area (Å²) in [4.78, 5) is 10.4. The van der Waals surface area contributed by atoms with Crippen LogP contribution in [0.5, 0.6) is 11.5 Å². The molecular weight excluding hydrogens is 525 g/mol. The minimum Gasteiger partial charge on any atom is -0.535 e. The van der Waals surface area contributed by atoms with Gasteiger partial charge in [0.05, 0.1) is 23.7 Å². The number of hydrogen-bond acceptors (Lipinski definition) is 6. The number of para-hydroxylation sites is 1. The van der Waals surface area contributed by atoms with E-state index >= 15 is 0 Å². The highest BCUT2D eigenvalue weighted by Crippen LogP contribution is 2.53. The minimum absolute atomic E-state index is 0.195. The minimum atomic E-state index is -0.195. The Kier molecular flexibility index (Phi) is 5.27. The van der Waals surface area contributed by atoms with E-state index in [0.717, 1.165) is 22.2 Å². The van der Waals surface area contributed by atoms with Gasteiger partial charge in [0.1, 0.15) is 17.0 Å². The highest BCUT2D eigenvalue weighted by atomic mass is 16.5. The molecule has 0 atom stereocenters. The molecule has 8 heteroatoms. The van der Waals surface area contributed by atoms with Gasteiger partial charge in [-0.05, 0) is 29.3 Å². The lowest BCUT2D eigenvalue weighted by Crippen LogP contribution is -2.14. The van der Waals surface area contributed by atoms with E-state index in [1.54, 1.807) is 6.07 Å². The number of fused-ring (bicyclic) bond motifs is 8. The summed E-state index contributed by atoms with van der Waals surface area (Å²) in [5.41, 5.74) is 8.91. The molecule has 7 aromatic rings. The Hall–Kier alpha value is -5.08. The first-order valence-corrected chi connectivity index (χ1v) is 13.8. The molecule has 0 saturated heterocycles. The lowest BCUT2D eigenvalue weighted by molar-refractivity contribution is 0.380. The van der Waals surface area contributed by atoms with Gasteiger partial charge in [-0.15, -0.1) is 0 Å². The van der Waals surface area contributed by atoms with Crippen LogP contribution < -0.4 is 9.39 Å². The van der Waals surface area contributed by atoms with E-state index in [4.69, 9.17) is 23.8 Å². The number of hydrogen-bond donors (Lipinski definition) is 1. The molecular formula is C34H25BN3O4. The van der Waals surface area contributed by atoms with Crippen LogP contribution in [0.2, 0.25) is 0 Å². The number of nitrogens with zero attached hydrogens (tertiary/aromatic N) is 3. The van der Waals surface area contributed by atoms with Crippen molar-refractivity contribution in [1.29, 1.82) is 0 Å². The lowest BCUT2D eigenvalue weighted by Gasteiger charge is -2.21. The molecule has 3 aromatic heterocycles. The highest BCUT2D eigenvalue weighted by molar-refractivity contribution is 6.18. The van der Waals surface area contributed by atoms with Gasteiger partial charge in [-0.2, -0.15) is 0 Å². The van der Waals surface area contributed by atoms with Crippen molar-refractivity contribution in [1.82, 2.24) is 14.5 Å². The molecule has 0 fully saturated rings. The van der Waals surface area contributed by atoms with E-state index in [1.807, 2.05) is 36.4 Å². The van der Waals surface area contributed by atoms with Crippen LogP contribution in [0.1, 0.15) is 25.0 Å². The predicted molar refractivity (Wildman–Crippen MR) is 164 cm³/mol. The van der Waals surface area contributed by atoms with Crippen LogP contribution in [0.4, 0.5) is 0 Å². The molecule has 203 valence electrons. The van der Waals surface area contributed by atoms with Gasteiger partial charge in [-0.3, -0.25) is 4.57 Å². The average Bonchev–Trinajstić information content (AvgIpc) is 3.64. The third kappa shape index (κ3) is 3.27. The van der Waals surface area contributed by atoms with Crippen molar-refractivity contribution in [2.45, 2.75) is 19.3 Å². The summed E-state index contributed by atoms with van der Waals surface area (Å²) in [5.74, 6) is 1.24. The fourth-order valence-electron chi connectivity index (χ4n) is 6.59. The summed E-state index contributed by atoms with van der Waals surface area (Å²) in [6.45, 7) is 4.57. The largest absolute Gasteiger partial charge is 0.569 e. The van der Waals surface area contributed by atoms with E-state index in [0.29, 0.717) is 47.5 Å². The van der Waals surface area contributed by atoms with Crippen LogP contribution in [0.15, 0.2) is 95.4 Å². The van der Waals surface area contributed by atoms with Gasteiger partial charge in [0.15, 0.2) is 11.2 Å². The predicted octanol–water partition coefficient (Wildman–Crippen LogP) is 7.21. The van der Waals surface area contributed by atoms with Crippen molar-refractivity contribution in [3.63, 3.8) is 0 Å². The third-order valence-electron chi connectivity index (χ3n) is 8.38. The molecule has 1 radical (unpaired) electrons. The van der Waals surface area contributed by atoms with Crippen LogP contribution in [0, 0.1) is 0 Å². The zero-order valence-corrected chi connectivity index (χ0v) is 23.3. The molecule has 0 bridgehead atoms. The number of aromatic nitrogens is 3. The number of methoxy groups -OCH3 is 1. The Bertz CT molecular complexity index is 2180. The standard InChI is InChI=1S/C34H25BN3O4/c1-34(2)23-15-9-7-13-20(23)29-26(34)21-14-8-10-16-24(21)38(29)33-36-27(19-11-5-4-6-12-19)32-28(37-33)22-17-18-25(42-35-39)31(40-3)30(22)41-32/h4-18,39H,1-3H3. The van der Waals surface area contributed by atoms with Crippen molar-refractivity contribution < 1.29 is 18.8 Å². The van der Waals surface area contributed by atoms with Crippen molar-refractivity contribution in [2.75, 3.05) is 7.11 Å². The van der Waals surface area contributed by atoms with Crippen LogP contribution in [-0.4, -0.2) is 34.4 Å². The summed E-state index contributed by atoms with van der Waals surface area (Å²) >= 11 is 0. The Morgan fingerprint density at radius 2 is 1.60 bits per heavy atom. The molecule has 0 aliphatic heterocycles. The molecule has 4 aromatic carbocycles. The van der Waals surface area contributed by atoms with Gasteiger partial charge < -0.3 is 18.8 Å². The number of benzene rings is 4. The van der Waals surface area contributed by atoms with Gasteiger partial charge in [0.25, 0.3) is 0 Å². The monoisotopic (exact) mass is 550 g/mol. The Morgan fingerprint density at radius 3 is 2.40 bits per heavy atom. The fourth-order valence-corrected chi connectivity index (χ4v) is 6.59. The normalized spacial score (nSPS) is 13.4. The summed E-state index contributed by atoms with van der Waals surface area (Å²) in [6, 6.07) is 30.6. The van der Waals surface area contributed by atoms with Gasteiger partial charge in [-0.1, -0.05) is 86.6 Å². The quantitative estimate of drug-likeness (QED) is 0.228. The Morgan fingerprint density at radius 1 is 0.833 bits per heavy atom. The van der Waals surface area contributed by atoms with Gasteiger partial charge >= 0.3 is 7.69 Å². The van der Waals surface area contributed by atoms with Crippen molar-refractivity contribution in [3.05, 3.63) is 102 Å². The number of ether oxygens (including phenoxy) is 1. The zero-order chi connectivity index (χ0) is 28.6. The van der Waals surface area contributed by atoms with E-state index in [-0.39, 0.29) is 5.41 Å². The van der Waals surface area contributed by atoms with Crippen LogP contribution in [0.25, 0.3) is 61.4 Å². The first-order chi connectivity index (χ1) is 20.5. The molecule has 42 heavy (non-hydrogen) atoms. The number of furan rings is 1. The van der Waals surface area contributed by atoms with E-state index in [2.05, 4.69) is 66.9 Å². The molecule has 0 unspecified atom stereocenters. The molecule has 1 aliphatic rings. The van der Waals surface area contributed by atoms with Crippen LogP contribution in [0.3, 0.4) is 0 Å². The van der Waals surface area contributed by atoms with Crippen molar-refractivity contribution >= 4 is 40.7 Å². The first kappa shape index (κ1) is 24.7. The fraction of sp³-hybridized carbons (Fsp3) is 0.118. The van der Waals surface area contributed by atoms with E-state index < -0.39 is 0 Å². The smallest absolute Gasteiger partial charge is 0.535 e. The average molecular weight is 550 g/mol. The maximum absolute atomic E-state index is 9.30. The Labute approximate surface area is 242 Å². The van der Waals surface area contributed by atoms with E-state index in [9.17, 15) is 5.02 Å². The second kappa shape index (κ2) is 8.96. The topological polar surface area (TPSA) is 82.5 Å². The van der Waals surface area contributed by atoms with E-state index in [1.165, 1.54) is 29.2 Å². The molecule has 0 amide bonds. The number of rotatable bonds is 5. The summed E-state index contributed by atoms with van der Waals surface area (Å²) < 4.78 is 19.6. The van der Waals surface area contributed by atoms with Gasteiger partial charge in [0.2, 0.25) is 11.7 Å². The SMILES string of the molecule is COc1c(O[B]O)ccc2c1oc1c(-c3ccccc3)nc(-n3c4c(c5ccccc53)C(C)(C)c3ccccc3-4)nc12. The van der Waals surface area contributed by atoms with Crippen molar-refractivity contribution in [3.8, 4) is 40.0 Å². The molecule has 1 aliphatic carbocycles. The highest BCUT2D eigenvalue weighted by Gasteiger charge is 2.41. The summed E-state index contributed by atoms with van der Waals surface area (Å²) in [5, 5.41) is 11.2. The maximum atomic E-state index is 9.30. The lowest BCUT2D eigenvalue weighted by atomic mass is 9.81. The summed E-state index contributed by atoms with van der Waals surface area (Å²) in [7, 11) is 2.16. The molecule has 3 heterocycles. The van der Waals surface area contributed by atoms with Gasteiger partial charge in [-0.25, -0.2) is 9.97 Å². The van der Waals surface area contributed by atoms with Gasteiger partial charge in [0, 0.05) is 21.9 Å². The summed E-state index contributed by atoms with van der Waals surface area (Å²) in [6.07, 6.45) is 0. The second-order valence-electron chi connectivity index (χ2n) is 11.0. The molecule has 1 N–H and O–H groups in total. The maximum Gasteiger partial charge on any atom is 0.569 e. The molecule has 0 spiro atoms. The zero-order valence-electron chi connectivity index (χ0n) is 23.3. The molecule has 0 saturated carbocycles. The third-order valence-corrected chi connectivity index (χ3v) is 8.38. The molecule has 7 nitrogen and oxygen atoms in total. The van der Waals surface area contributed by atoms with Crippen LogP contribution in [-0.2, 0) is 5.41 Å². The first-order valence-electron chi connectivity index (χ1n) is 13.8. The Balaban J connectivity index is 1.52. The second-order valence-corrected chi connectivity index (χ2v) is 11.0. The molecule has 8 rings (SSSR count).